The van der Waals surface area contributed by atoms with Gasteiger partial charge in [0.25, 0.3) is 0 Å². The molecule has 0 radical (unpaired) electrons. The van der Waals surface area contributed by atoms with Gasteiger partial charge in [0.1, 0.15) is 0 Å². The van der Waals surface area contributed by atoms with E-state index in [9.17, 15) is 4.79 Å². The zero-order valence-electron chi connectivity index (χ0n) is 13.0. The van der Waals surface area contributed by atoms with Crippen molar-refractivity contribution < 1.29 is 19.0 Å². The van der Waals surface area contributed by atoms with Gasteiger partial charge in [-0.15, -0.1) is 0 Å². The van der Waals surface area contributed by atoms with E-state index in [1.54, 1.807) is 37.4 Å². The van der Waals surface area contributed by atoms with Gasteiger partial charge in [0, 0.05) is 6.61 Å². The zero-order chi connectivity index (χ0) is 15.9. The first kappa shape index (κ1) is 16.0. The molecule has 0 unspecified atom stereocenters. The third kappa shape index (κ3) is 3.86. The maximum atomic E-state index is 12.1. The van der Waals surface area contributed by atoms with E-state index >= 15 is 0 Å². The number of carbonyl (C=O) groups is 1. The van der Waals surface area contributed by atoms with E-state index in [0.29, 0.717) is 23.7 Å². The number of methoxy groups -OCH3 is 1. The lowest BCUT2D eigenvalue weighted by Gasteiger charge is -2.15. The molecule has 0 saturated carbocycles. The lowest BCUT2D eigenvalue weighted by atomic mass is 10.1. The third-order valence-corrected chi connectivity index (χ3v) is 3.29. The molecule has 0 aliphatic carbocycles. The highest BCUT2D eigenvalue weighted by atomic mass is 16.6. The first-order valence-electron chi connectivity index (χ1n) is 7.22. The van der Waals surface area contributed by atoms with Gasteiger partial charge in [-0.3, -0.25) is 0 Å². The molecular weight excluding hydrogens is 280 g/mol. The van der Waals surface area contributed by atoms with Crippen molar-refractivity contribution in [2.75, 3.05) is 13.7 Å². The van der Waals surface area contributed by atoms with Crippen LogP contribution < -0.4 is 9.47 Å². The molecule has 0 aliphatic rings. The van der Waals surface area contributed by atoms with E-state index in [1.807, 2.05) is 32.0 Å². The van der Waals surface area contributed by atoms with Crippen LogP contribution >= 0.6 is 0 Å². The van der Waals surface area contributed by atoms with Gasteiger partial charge in [0.2, 0.25) is 0 Å². The van der Waals surface area contributed by atoms with Gasteiger partial charge >= 0.3 is 5.97 Å². The van der Waals surface area contributed by atoms with E-state index in [1.165, 1.54) is 0 Å². The maximum absolute atomic E-state index is 12.1. The topological polar surface area (TPSA) is 44.8 Å². The molecule has 22 heavy (non-hydrogen) atoms. The molecule has 0 heterocycles. The van der Waals surface area contributed by atoms with E-state index < -0.39 is 5.97 Å². The van der Waals surface area contributed by atoms with Crippen molar-refractivity contribution in [2.45, 2.75) is 20.0 Å². The van der Waals surface area contributed by atoms with Crippen molar-refractivity contribution in [3.63, 3.8) is 0 Å². The lowest BCUT2D eigenvalue weighted by Crippen LogP contribution is -2.09. The summed E-state index contributed by atoms with van der Waals surface area (Å²) in [5.74, 6) is 0.488. The van der Waals surface area contributed by atoms with Gasteiger partial charge in [-0.05, 0) is 43.7 Å². The summed E-state index contributed by atoms with van der Waals surface area (Å²) in [7, 11) is 1.55. The monoisotopic (exact) mass is 300 g/mol. The lowest BCUT2D eigenvalue weighted by molar-refractivity contribution is 0.0726. The Bertz CT molecular complexity index is 622. The van der Waals surface area contributed by atoms with Gasteiger partial charge in [-0.2, -0.15) is 0 Å². The fraction of sp³-hybridized carbons (Fsp3) is 0.278. The van der Waals surface area contributed by atoms with Gasteiger partial charge in [-0.1, -0.05) is 24.3 Å². The van der Waals surface area contributed by atoms with Crippen molar-refractivity contribution >= 4 is 5.97 Å². The standard InChI is InChI=1S/C18H20O4/c1-4-21-13(2)15-10-11-16(17(12-15)20-3)22-18(19)14-8-6-5-7-9-14/h5-13H,4H2,1-3H3/t13-/m1/s1. The minimum absolute atomic E-state index is 0.0437. The van der Waals surface area contributed by atoms with Crippen LogP contribution in [0.2, 0.25) is 0 Å². The molecule has 4 nitrogen and oxygen atoms in total. The van der Waals surface area contributed by atoms with Crippen LogP contribution in [0.5, 0.6) is 11.5 Å². The van der Waals surface area contributed by atoms with Gasteiger partial charge in [-0.25, -0.2) is 4.79 Å². The summed E-state index contributed by atoms with van der Waals surface area (Å²) >= 11 is 0. The van der Waals surface area contributed by atoms with E-state index in [0.717, 1.165) is 5.56 Å². The van der Waals surface area contributed by atoms with E-state index in [4.69, 9.17) is 14.2 Å². The average Bonchev–Trinajstić information content (AvgIpc) is 2.56. The highest BCUT2D eigenvalue weighted by Gasteiger charge is 2.14. The second kappa shape index (κ2) is 7.61. The fourth-order valence-electron chi connectivity index (χ4n) is 2.10. The molecule has 1 atom stereocenters. The molecule has 2 rings (SSSR count). The normalized spacial score (nSPS) is 11.8. The maximum Gasteiger partial charge on any atom is 0.343 e. The Morgan fingerprint density at radius 3 is 2.45 bits per heavy atom. The number of hydrogen-bond acceptors (Lipinski definition) is 4. The Kier molecular flexibility index (Phi) is 5.55. The molecule has 0 saturated heterocycles. The number of ether oxygens (including phenoxy) is 3. The minimum Gasteiger partial charge on any atom is -0.493 e. The Hall–Kier alpha value is -2.33. The van der Waals surface area contributed by atoms with Crippen molar-refractivity contribution in [3.05, 3.63) is 59.7 Å². The van der Waals surface area contributed by atoms with Crippen molar-refractivity contribution in [2.24, 2.45) is 0 Å². The van der Waals surface area contributed by atoms with Crippen LogP contribution in [-0.4, -0.2) is 19.7 Å². The highest BCUT2D eigenvalue weighted by Crippen LogP contribution is 2.31. The summed E-state index contributed by atoms with van der Waals surface area (Å²) in [4.78, 5) is 12.1. The van der Waals surface area contributed by atoms with Crippen LogP contribution in [0.15, 0.2) is 48.5 Å². The highest BCUT2D eigenvalue weighted by molar-refractivity contribution is 5.91. The molecule has 0 aromatic heterocycles. The summed E-state index contributed by atoms with van der Waals surface area (Å²) in [5, 5.41) is 0. The Labute approximate surface area is 130 Å². The molecule has 0 aliphatic heterocycles. The van der Waals surface area contributed by atoms with Crippen LogP contribution in [0, 0.1) is 0 Å². The second-order valence-corrected chi connectivity index (χ2v) is 4.76. The number of hydrogen-bond donors (Lipinski definition) is 0. The molecule has 0 bridgehead atoms. The van der Waals surface area contributed by atoms with Crippen LogP contribution in [0.4, 0.5) is 0 Å². The number of benzene rings is 2. The Morgan fingerprint density at radius 1 is 1.09 bits per heavy atom. The van der Waals surface area contributed by atoms with Crippen molar-refractivity contribution in [1.29, 1.82) is 0 Å². The number of esters is 1. The molecule has 2 aromatic carbocycles. The predicted octanol–water partition coefficient (Wildman–Crippen LogP) is 4.01. The number of rotatable bonds is 6. The molecule has 4 heteroatoms. The summed E-state index contributed by atoms with van der Waals surface area (Å²) in [6, 6.07) is 14.3. The first-order valence-corrected chi connectivity index (χ1v) is 7.22. The van der Waals surface area contributed by atoms with Crippen molar-refractivity contribution in [1.82, 2.24) is 0 Å². The Balaban J connectivity index is 2.19. The van der Waals surface area contributed by atoms with E-state index in [-0.39, 0.29) is 6.10 Å². The van der Waals surface area contributed by atoms with Crippen molar-refractivity contribution in [3.8, 4) is 11.5 Å². The average molecular weight is 300 g/mol. The molecule has 2 aromatic rings. The van der Waals surface area contributed by atoms with Gasteiger partial charge in [0.15, 0.2) is 11.5 Å². The minimum atomic E-state index is -0.412. The largest absolute Gasteiger partial charge is 0.493 e. The molecular formula is C18H20O4. The number of carbonyl (C=O) groups excluding carboxylic acids is 1. The first-order chi connectivity index (χ1) is 10.7. The van der Waals surface area contributed by atoms with E-state index in [2.05, 4.69) is 0 Å². The predicted molar refractivity (Wildman–Crippen MR) is 84.4 cm³/mol. The summed E-state index contributed by atoms with van der Waals surface area (Å²) in [6.45, 7) is 4.55. The van der Waals surface area contributed by atoms with Gasteiger partial charge in [0.05, 0.1) is 18.8 Å². The van der Waals surface area contributed by atoms with Crippen LogP contribution in [0.1, 0.15) is 35.9 Å². The quantitative estimate of drug-likeness (QED) is 0.597. The molecule has 0 N–H and O–H groups in total. The Morgan fingerprint density at radius 2 is 1.82 bits per heavy atom. The second-order valence-electron chi connectivity index (χ2n) is 4.76. The van der Waals surface area contributed by atoms with Crippen LogP contribution in [-0.2, 0) is 4.74 Å². The fourth-order valence-corrected chi connectivity index (χ4v) is 2.10. The van der Waals surface area contributed by atoms with Crippen LogP contribution in [0.25, 0.3) is 0 Å². The molecule has 0 fully saturated rings. The van der Waals surface area contributed by atoms with Crippen LogP contribution in [0.3, 0.4) is 0 Å². The third-order valence-electron chi connectivity index (χ3n) is 3.29. The zero-order valence-corrected chi connectivity index (χ0v) is 13.0. The molecule has 0 amide bonds. The van der Waals surface area contributed by atoms with Gasteiger partial charge < -0.3 is 14.2 Å². The SMILES string of the molecule is CCO[C@H](C)c1ccc(OC(=O)c2ccccc2)c(OC)c1. The summed E-state index contributed by atoms with van der Waals surface area (Å²) in [5.41, 5.74) is 1.47. The summed E-state index contributed by atoms with van der Waals surface area (Å²) in [6.07, 6.45) is -0.0437. The smallest absolute Gasteiger partial charge is 0.343 e. The molecule has 0 spiro atoms. The molecule has 116 valence electrons. The summed E-state index contributed by atoms with van der Waals surface area (Å²) < 4.78 is 16.3.